The molecule has 12 nitrogen and oxygen atoms in total. The number of carboxylic acid groups (broad SMARTS) is 1. The molecule has 3 aromatic carbocycles. The summed E-state index contributed by atoms with van der Waals surface area (Å²) < 4.78 is 27.6. The maximum atomic E-state index is 13.6. The molecule has 0 saturated carbocycles. The zero-order chi connectivity index (χ0) is 35.5. The number of hydrogen-bond acceptors (Lipinski definition) is 7. The largest absolute Gasteiger partial charge is 0.481 e. The number of Topliss-reactive ketones (excluding diaryl/α,β-unsaturated/α-hetero) is 1. The number of nitrogens with zero attached hydrogens (tertiary/aromatic N) is 2. The number of benzene rings is 3. The first-order valence-electron chi connectivity index (χ1n) is 15.7. The van der Waals surface area contributed by atoms with Gasteiger partial charge in [-0.15, -0.1) is 0 Å². The van der Waals surface area contributed by atoms with E-state index in [0.29, 0.717) is 23.5 Å². The van der Waals surface area contributed by atoms with Crippen molar-refractivity contribution in [2.75, 3.05) is 42.1 Å². The average Bonchev–Trinajstić information content (AvgIpc) is 3.03. The Kier molecular flexibility index (Phi) is 13.3. The minimum absolute atomic E-state index is 0.0635. The molecule has 3 aromatic rings. The van der Waals surface area contributed by atoms with E-state index in [1.165, 1.54) is 17.0 Å². The van der Waals surface area contributed by atoms with Gasteiger partial charge in [0.25, 0.3) is 0 Å². The predicted molar refractivity (Wildman–Crippen MR) is 186 cm³/mol. The molecule has 0 radical (unpaired) electrons. The van der Waals surface area contributed by atoms with E-state index in [4.69, 9.17) is 0 Å². The van der Waals surface area contributed by atoms with Crippen LogP contribution >= 0.6 is 0 Å². The fraction of sp³-hybridized carbons (Fsp3) is 0.371. The molecule has 0 fully saturated rings. The second-order valence-corrected chi connectivity index (χ2v) is 14.4. The number of amides is 3. The van der Waals surface area contributed by atoms with Crippen molar-refractivity contribution in [1.29, 1.82) is 0 Å². The summed E-state index contributed by atoms with van der Waals surface area (Å²) >= 11 is 0. The molecule has 0 spiro atoms. The fourth-order valence-electron chi connectivity index (χ4n) is 4.64. The summed E-state index contributed by atoms with van der Waals surface area (Å²) in [6, 6.07) is 21.3. The van der Waals surface area contributed by atoms with E-state index in [-0.39, 0.29) is 29.7 Å². The molecule has 48 heavy (non-hydrogen) atoms. The number of para-hydroxylation sites is 1. The number of sulfonamides is 1. The fourth-order valence-corrected chi connectivity index (χ4v) is 6.05. The third-order valence-corrected chi connectivity index (χ3v) is 9.48. The van der Waals surface area contributed by atoms with Gasteiger partial charge in [0.05, 0.1) is 29.9 Å². The van der Waals surface area contributed by atoms with Crippen molar-refractivity contribution < 1.29 is 32.7 Å². The summed E-state index contributed by atoms with van der Waals surface area (Å²) in [5, 5.41) is 18.0. The van der Waals surface area contributed by atoms with Crippen LogP contribution in [0.2, 0.25) is 0 Å². The second-order valence-electron chi connectivity index (χ2n) is 12.4. The van der Waals surface area contributed by atoms with Gasteiger partial charge in [0.2, 0.25) is 15.9 Å². The zero-order valence-corrected chi connectivity index (χ0v) is 28.8. The van der Waals surface area contributed by atoms with Gasteiger partial charge < -0.3 is 26.0 Å². The summed E-state index contributed by atoms with van der Waals surface area (Å²) in [5.41, 5.74) is 1.63. The Morgan fingerprint density at radius 3 is 2.02 bits per heavy atom. The number of carbonyl (C=O) groups excluding carboxylic acids is 3. The maximum Gasteiger partial charge on any atom is 0.323 e. The lowest BCUT2D eigenvalue weighted by Crippen LogP contribution is -2.50. The first kappa shape index (κ1) is 37.7. The number of anilines is 3. The van der Waals surface area contributed by atoms with E-state index >= 15 is 0 Å². The van der Waals surface area contributed by atoms with Crippen molar-refractivity contribution in [1.82, 2.24) is 9.21 Å². The van der Waals surface area contributed by atoms with Crippen LogP contribution in [0.1, 0.15) is 46.1 Å². The summed E-state index contributed by atoms with van der Waals surface area (Å²) in [6.07, 6.45) is 0.0756. The molecule has 0 bridgehead atoms. The topological polar surface area (TPSA) is 165 Å². The molecular formula is C35H45N5O7S. The second kappa shape index (κ2) is 16.9. The average molecular weight is 680 g/mol. The SMILES string of the molecule is Cc1ccccc1NC(=O)Nc1ccc(NC(C)(C)C(=O)CN(CCC(C)C)C(=O)CN(CCC(=O)O)S(=O)(=O)c2ccccc2)cc1. The van der Waals surface area contributed by atoms with Crippen LogP contribution in [-0.4, -0.2) is 78.1 Å². The highest BCUT2D eigenvalue weighted by Crippen LogP contribution is 2.21. The van der Waals surface area contributed by atoms with Crippen LogP contribution in [-0.2, 0) is 24.4 Å². The van der Waals surface area contributed by atoms with E-state index in [9.17, 15) is 32.7 Å². The predicted octanol–water partition coefficient (Wildman–Crippen LogP) is 5.44. The molecule has 0 aliphatic carbocycles. The van der Waals surface area contributed by atoms with Gasteiger partial charge in [-0.3, -0.25) is 14.4 Å². The highest BCUT2D eigenvalue weighted by Gasteiger charge is 2.33. The smallest absolute Gasteiger partial charge is 0.323 e. The molecule has 258 valence electrons. The Balaban J connectivity index is 1.70. The molecule has 0 unspecified atom stereocenters. The summed E-state index contributed by atoms with van der Waals surface area (Å²) in [5.74, 6) is -1.93. The highest BCUT2D eigenvalue weighted by atomic mass is 32.2. The summed E-state index contributed by atoms with van der Waals surface area (Å²) in [7, 11) is -4.19. The third-order valence-electron chi connectivity index (χ3n) is 7.62. The van der Waals surface area contributed by atoms with E-state index in [1.54, 1.807) is 62.4 Å². The summed E-state index contributed by atoms with van der Waals surface area (Å²) in [4.78, 5) is 52.3. The first-order chi connectivity index (χ1) is 22.6. The number of hydrogen-bond donors (Lipinski definition) is 4. The van der Waals surface area contributed by atoms with Crippen LogP contribution in [0.4, 0.5) is 21.9 Å². The van der Waals surface area contributed by atoms with Crippen molar-refractivity contribution in [3.8, 4) is 0 Å². The molecule has 0 saturated heterocycles. The van der Waals surface area contributed by atoms with Crippen molar-refractivity contribution in [2.45, 2.75) is 57.9 Å². The van der Waals surface area contributed by atoms with E-state index in [1.807, 2.05) is 39.0 Å². The lowest BCUT2D eigenvalue weighted by molar-refractivity contribution is -0.138. The Morgan fingerprint density at radius 2 is 1.42 bits per heavy atom. The standard InChI is InChI=1S/C35H45N5O7S/c1-25(2)19-21-39(32(42)24-40(22-20-33(43)44)48(46,47)29-12-7-6-8-13-29)23-31(41)35(4,5)38-28-17-15-27(16-18-28)36-34(45)37-30-14-10-9-11-26(30)3/h6-18,25,38H,19-24H2,1-5H3,(H,43,44)(H2,36,37,45). The van der Waals surface area contributed by atoms with Crippen molar-refractivity contribution >= 4 is 50.8 Å². The van der Waals surface area contributed by atoms with Crippen molar-refractivity contribution in [2.24, 2.45) is 5.92 Å². The van der Waals surface area contributed by atoms with Crippen LogP contribution in [0.25, 0.3) is 0 Å². The van der Waals surface area contributed by atoms with Gasteiger partial charge >= 0.3 is 12.0 Å². The number of ketones is 1. The van der Waals surface area contributed by atoms with Gasteiger partial charge in [0.15, 0.2) is 5.78 Å². The van der Waals surface area contributed by atoms with Crippen LogP contribution in [0, 0.1) is 12.8 Å². The van der Waals surface area contributed by atoms with E-state index in [2.05, 4.69) is 16.0 Å². The van der Waals surface area contributed by atoms with Gasteiger partial charge in [-0.05, 0) is 81.1 Å². The van der Waals surface area contributed by atoms with Gasteiger partial charge in [-0.1, -0.05) is 50.2 Å². The number of nitrogens with one attached hydrogen (secondary N) is 3. The Hall–Kier alpha value is -4.75. The van der Waals surface area contributed by atoms with Crippen LogP contribution in [0.5, 0.6) is 0 Å². The van der Waals surface area contributed by atoms with Crippen LogP contribution in [0.15, 0.2) is 83.8 Å². The van der Waals surface area contributed by atoms with Gasteiger partial charge in [0, 0.05) is 30.2 Å². The molecule has 0 atom stereocenters. The zero-order valence-electron chi connectivity index (χ0n) is 28.0. The maximum absolute atomic E-state index is 13.6. The molecule has 4 N–H and O–H groups in total. The third kappa shape index (κ3) is 11.2. The Labute approximate surface area is 282 Å². The lowest BCUT2D eigenvalue weighted by atomic mass is 9.97. The lowest BCUT2D eigenvalue weighted by Gasteiger charge is -2.31. The van der Waals surface area contributed by atoms with Crippen LogP contribution < -0.4 is 16.0 Å². The van der Waals surface area contributed by atoms with E-state index in [0.717, 1.165) is 9.87 Å². The minimum Gasteiger partial charge on any atom is -0.481 e. The summed E-state index contributed by atoms with van der Waals surface area (Å²) in [6.45, 7) is 8.10. The molecular weight excluding hydrogens is 634 g/mol. The number of urea groups is 1. The van der Waals surface area contributed by atoms with E-state index < -0.39 is 53.0 Å². The number of carbonyl (C=O) groups is 4. The molecule has 0 aromatic heterocycles. The van der Waals surface area contributed by atoms with Gasteiger partial charge in [-0.2, -0.15) is 4.31 Å². The monoisotopic (exact) mass is 679 g/mol. The highest BCUT2D eigenvalue weighted by molar-refractivity contribution is 7.89. The van der Waals surface area contributed by atoms with Crippen LogP contribution in [0.3, 0.4) is 0 Å². The van der Waals surface area contributed by atoms with Crippen molar-refractivity contribution in [3.63, 3.8) is 0 Å². The number of carboxylic acids is 1. The normalized spacial score (nSPS) is 11.6. The number of rotatable bonds is 17. The number of aliphatic carboxylic acids is 1. The Morgan fingerprint density at radius 1 is 0.812 bits per heavy atom. The Bertz CT molecular complexity index is 1680. The molecule has 0 aliphatic heterocycles. The molecule has 3 amide bonds. The first-order valence-corrected chi connectivity index (χ1v) is 17.1. The number of aryl methyl sites for hydroxylation is 1. The van der Waals surface area contributed by atoms with Gasteiger partial charge in [-0.25, -0.2) is 13.2 Å². The molecule has 3 rings (SSSR count). The molecule has 0 heterocycles. The molecule has 13 heteroatoms. The minimum atomic E-state index is -4.19. The molecule has 0 aliphatic rings. The van der Waals surface area contributed by atoms with Crippen molar-refractivity contribution in [3.05, 3.63) is 84.4 Å². The van der Waals surface area contributed by atoms with Gasteiger partial charge in [0.1, 0.15) is 0 Å². The quantitative estimate of drug-likeness (QED) is 0.147.